The predicted octanol–water partition coefficient (Wildman–Crippen LogP) is 9.93. The molecule has 0 radical (unpaired) electrons. The maximum absolute atomic E-state index is 11.8. The van der Waals surface area contributed by atoms with E-state index in [1.54, 1.807) is 0 Å². The van der Waals surface area contributed by atoms with E-state index < -0.39 is 0 Å². The summed E-state index contributed by atoms with van der Waals surface area (Å²) >= 11 is 0. The lowest BCUT2D eigenvalue weighted by Crippen LogP contribution is -2.16. The van der Waals surface area contributed by atoms with Crippen LogP contribution in [0.25, 0.3) is 0 Å². The van der Waals surface area contributed by atoms with Crippen LogP contribution in [0.3, 0.4) is 0 Å². The highest BCUT2D eigenvalue weighted by Crippen LogP contribution is 2.24. The van der Waals surface area contributed by atoms with E-state index in [1.807, 2.05) is 0 Å². The van der Waals surface area contributed by atoms with Gasteiger partial charge in [0.15, 0.2) is 0 Å². The highest BCUT2D eigenvalue weighted by Gasteiger charge is 2.15. The van der Waals surface area contributed by atoms with Crippen LogP contribution in [0, 0.1) is 5.92 Å². The molecule has 0 spiro atoms. The number of hydrogen-bond acceptors (Lipinski definition) is 2. The first-order valence-electron chi connectivity index (χ1n) is 14.5. The average molecular weight is 437 g/mol. The third-order valence-electron chi connectivity index (χ3n) is 7.19. The van der Waals surface area contributed by atoms with Gasteiger partial charge in [-0.1, -0.05) is 142 Å². The number of ether oxygens (including phenoxy) is 1. The molecule has 1 rings (SSSR count). The van der Waals surface area contributed by atoms with Gasteiger partial charge in [-0.2, -0.15) is 0 Å². The van der Waals surface area contributed by atoms with Crippen LogP contribution in [-0.4, -0.2) is 12.6 Å². The first kappa shape index (κ1) is 28.5. The fraction of sp³-hybridized carbons (Fsp3) is 0.966. The van der Waals surface area contributed by atoms with Crippen LogP contribution in [-0.2, 0) is 9.53 Å². The Bertz CT molecular complexity index is 373. The molecule has 1 saturated carbocycles. The van der Waals surface area contributed by atoms with Crippen LogP contribution in [0.15, 0.2) is 0 Å². The van der Waals surface area contributed by atoms with Gasteiger partial charge in [0.2, 0.25) is 0 Å². The second-order valence-electron chi connectivity index (χ2n) is 10.3. The standard InChI is InChI=1S/C29H56O2/c1-2-3-4-5-6-7-8-9-10-11-12-13-14-15-16-17-18-19-23-26-29(30)31-27-28-24-21-20-22-25-28/h28H,2-27H2,1H3. The number of hydrogen-bond donors (Lipinski definition) is 0. The molecule has 0 amide bonds. The molecule has 1 fully saturated rings. The molecule has 0 aliphatic heterocycles. The van der Waals surface area contributed by atoms with Gasteiger partial charge in [-0.3, -0.25) is 4.79 Å². The van der Waals surface area contributed by atoms with Crippen molar-refractivity contribution in [1.82, 2.24) is 0 Å². The maximum Gasteiger partial charge on any atom is 0.305 e. The average Bonchev–Trinajstić information content (AvgIpc) is 2.80. The van der Waals surface area contributed by atoms with Gasteiger partial charge in [-0.05, 0) is 25.2 Å². The van der Waals surface area contributed by atoms with E-state index in [9.17, 15) is 4.79 Å². The number of carbonyl (C=O) groups excluding carboxylic acids is 1. The summed E-state index contributed by atoms with van der Waals surface area (Å²) in [6, 6.07) is 0. The normalized spacial score (nSPS) is 14.7. The van der Waals surface area contributed by atoms with Crippen LogP contribution in [0.4, 0.5) is 0 Å². The Morgan fingerprint density at radius 3 is 1.39 bits per heavy atom. The Morgan fingerprint density at radius 1 is 0.581 bits per heavy atom. The van der Waals surface area contributed by atoms with E-state index in [0.717, 1.165) is 6.42 Å². The first-order chi connectivity index (χ1) is 15.3. The van der Waals surface area contributed by atoms with Crippen LogP contribution < -0.4 is 0 Å². The lowest BCUT2D eigenvalue weighted by atomic mass is 9.90. The molecule has 0 aromatic rings. The summed E-state index contributed by atoms with van der Waals surface area (Å²) in [4.78, 5) is 11.8. The zero-order valence-electron chi connectivity index (χ0n) is 21.3. The second kappa shape index (κ2) is 22.7. The lowest BCUT2D eigenvalue weighted by molar-refractivity contribution is -0.145. The van der Waals surface area contributed by atoms with Gasteiger partial charge in [0.25, 0.3) is 0 Å². The van der Waals surface area contributed by atoms with Crippen molar-refractivity contribution in [3.63, 3.8) is 0 Å². The Hall–Kier alpha value is -0.530. The summed E-state index contributed by atoms with van der Waals surface area (Å²) in [6.45, 7) is 2.97. The highest BCUT2D eigenvalue weighted by atomic mass is 16.5. The SMILES string of the molecule is CCCCCCCCCCCCCCCCCCCCCC(=O)OCC1CCCCC1. The molecule has 0 unspecified atom stereocenters. The van der Waals surface area contributed by atoms with E-state index >= 15 is 0 Å². The van der Waals surface area contributed by atoms with Crippen LogP contribution in [0.2, 0.25) is 0 Å². The minimum Gasteiger partial charge on any atom is -0.465 e. The zero-order valence-corrected chi connectivity index (χ0v) is 21.3. The molecule has 0 atom stereocenters. The molecule has 0 bridgehead atoms. The molecule has 0 aromatic heterocycles. The largest absolute Gasteiger partial charge is 0.465 e. The molecule has 1 aliphatic rings. The lowest BCUT2D eigenvalue weighted by Gasteiger charge is -2.20. The van der Waals surface area contributed by atoms with Gasteiger partial charge in [-0.25, -0.2) is 0 Å². The van der Waals surface area contributed by atoms with Crippen molar-refractivity contribution in [3.8, 4) is 0 Å². The molecule has 184 valence electrons. The van der Waals surface area contributed by atoms with Crippen LogP contribution in [0.1, 0.15) is 167 Å². The molecule has 0 heterocycles. The van der Waals surface area contributed by atoms with Crippen molar-refractivity contribution in [2.45, 2.75) is 167 Å². The van der Waals surface area contributed by atoms with E-state index in [-0.39, 0.29) is 5.97 Å². The summed E-state index contributed by atoms with van der Waals surface area (Å²) in [6.07, 6.45) is 33.5. The number of unbranched alkanes of at least 4 members (excludes halogenated alkanes) is 18. The minimum atomic E-state index is 0.0394. The number of carbonyl (C=O) groups is 1. The summed E-state index contributed by atoms with van der Waals surface area (Å²) in [5.41, 5.74) is 0. The maximum atomic E-state index is 11.8. The third-order valence-corrected chi connectivity index (χ3v) is 7.19. The fourth-order valence-electron chi connectivity index (χ4n) is 4.98. The van der Waals surface area contributed by atoms with Crippen molar-refractivity contribution in [2.24, 2.45) is 5.92 Å². The molecule has 2 heteroatoms. The first-order valence-corrected chi connectivity index (χ1v) is 14.5. The summed E-state index contributed by atoms with van der Waals surface area (Å²) in [5.74, 6) is 0.681. The molecular weight excluding hydrogens is 380 g/mol. The van der Waals surface area contributed by atoms with Gasteiger partial charge >= 0.3 is 5.97 Å². The van der Waals surface area contributed by atoms with Crippen LogP contribution in [0.5, 0.6) is 0 Å². The van der Waals surface area contributed by atoms with Crippen molar-refractivity contribution >= 4 is 5.97 Å². The van der Waals surface area contributed by atoms with Crippen molar-refractivity contribution in [3.05, 3.63) is 0 Å². The van der Waals surface area contributed by atoms with E-state index in [0.29, 0.717) is 18.9 Å². The van der Waals surface area contributed by atoms with Gasteiger partial charge in [0.05, 0.1) is 6.61 Å². The Kier molecular flexibility index (Phi) is 20.8. The number of rotatable bonds is 22. The van der Waals surface area contributed by atoms with E-state index in [1.165, 1.54) is 148 Å². The van der Waals surface area contributed by atoms with Gasteiger partial charge in [0, 0.05) is 6.42 Å². The Labute approximate surface area is 195 Å². The second-order valence-corrected chi connectivity index (χ2v) is 10.3. The molecule has 1 aliphatic carbocycles. The van der Waals surface area contributed by atoms with Crippen LogP contribution >= 0.6 is 0 Å². The smallest absolute Gasteiger partial charge is 0.305 e. The van der Waals surface area contributed by atoms with Crippen molar-refractivity contribution in [2.75, 3.05) is 6.61 Å². The molecule has 0 aromatic carbocycles. The Balaban J connectivity index is 1.69. The molecule has 2 nitrogen and oxygen atoms in total. The minimum absolute atomic E-state index is 0.0394. The fourth-order valence-corrected chi connectivity index (χ4v) is 4.98. The Morgan fingerprint density at radius 2 is 0.968 bits per heavy atom. The van der Waals surface area contributed by atoms with E-state index in [2.05, 4.69) is 6.92 Å². The molecule has 31 heavy (non-hydrogen) atoms. The molecule has 0 saturated heterocycles. The topological polar surface area (TPSA) is 26.3 Å². The van der Waals surface area contributed by atoms with Gasteiger partial charge in [0.1, 0.15) is 0 Å². The molecular formula is C29H56O2. The van der Waals surface area contributed by atoms with Gasteiger partial charge < -0.3 is 4.74 Å². The number of esters is 1. The predicted molar refractivity (Wildman–Crippen MR) is 136 cm³/mol. The summed E-state index contributed by atoms with van der Waals surface area (Å²) in [5, 5.41) is 0. The highest BCUT2D eigenvalue weighted by molar-refractivity contribution is 5.69. The van der Waals surface area contributed by atoms with Crippen molar-refractivity contribution < 1.29 is 9.53 Å². The van der Waals surface area contributed by atoms with E-state index in [4.69, 9.17) is 4.74 Å². The monoisotopic (exact) mass is 436 g/mol. The van der Waals surface area contributed by atoms with Gasteiger partial charge in [-0.15, -0.1) is 0 Å². The third kappa shape index (κ3) is 19.9. The molecule has 0 N–H and O–H groups in total. The summed E-state index contributed by atoms with van der Waals surface area (Å²) in [7, 11) is 0. The summed E-state index contributed by atoms with van der Waals surface area (Å²) < 4.78 is 5.48. The zero-order chi connectivity index (χ0) is 22.2. The quantitative estimate of drug-likeness (QED) is 0.125. The van der Waals surface area contributed by atoms with Crippen molar-refractivity contribution in [1.29, 1.82) is 0 Å².